The smallest absolute Gasteiger partial charge is 0.303 e. The molecule has 2 N–H and O–H groups in total. The van der Waals surface area contributed by atoms with Crippen molar-refractivity contribution in [2.75, 3.05) is 7.11 Å². The summed E-state index contributed by atoms with van der Waals surface area (Å²) in [5.41, 5.74) is 0. The van der Waals surface area contributed by atoms with Crippen LogP contribution in [0.2, 0.25) is 0 Å². The van der Waals surface area contributed by atoms with Gasteiger partial charge < -0.3 is 9.84 Å². The first-order valence-electron chi connectivity index (χ1n) is 6.40. The number of hydrogen-bond acceptors (Lipinski definition) is 4. The lowest BCUT2D eigenvalue weighted by atomic mass is 9.79. The second-order valence-corrected chi connectivity index (χ2v) is 6.71. The molecule has 0 aliphatic heterocycles. The lowest BCUT2D eigenvalue weighted by Gasteiger charge is -2.34. The third-order valence-corrected chi connectivity index (χ3v) is 5.00. The summed E-state index contributed by atoms with van der Waals surface area (Å²) in [5, 5.41) is 8.64. The van der Waals surface area contributed by atoms with Gasteiger partial charge in [0.15, 0.2) is 11.6 Å². The molecular weight excluding hydrogens is 301 g/mol. The molecule has 6 nitrogen and oxygen atoms in total. The quantitative estimate of drug-likeness (QED) is 0.826. The zero-order valence-corrected chi connectivity index (χ0v) is 12.2. The maximum atomic E-state index is 14.0. The topological polar surface area (TPSA) is 92.7 Å². The minimum absolute atomic E-state index is 0.0196. The zero-order valence-electron chi connectivity index (χ0n) is 11.4. The standard InChI is InChI=1S/C13H16FNO5S/c1-20-10-3-2-4-11(13(10)14)21(18,19)15-9-5-8(6-9)7-12(16)17/h2-4,8-9,15H,5-7H2,1H3,(H,16,17). The second-order valence-electron chi connectivity index (χ2n) is 5.03. The Labute approximate surface area is 122 Å². The van der Waals surface area contributed by atoms with E-state index in [-0.39, 0.29) is 24.1 Å². The minimum Gasteiger partial charge on any atom is -0.494 e. The molecule has 21 heavy (non-hydrogen) atoms. The summed E-state index contributed by atoms with van der Waals surface area (Å²) >= 11 is 0. The number of benzene rings is 1. The predicted molar refractivity (Wildman–Crippen MR) is 72.0 cm³/mol. The number of hydrogen-bond donors (Lipinski definition) is 2. The van der Waals surface area contributed by atoms with Crippen LogP contribution < -0.4 is 9.46 Å². The Morgan fingerprint density at radius 3 is 2.71 bits per heavy atom. The monoisotopic (exact) mass is 317 g/mol. The highest BCUT2D eigenvalue weighted by atomic mass is 32.2. The first-order valence-corrected chi connectivity index (χ1v) is 7.88. The summed E-state index contributed by atoms with van der Waals surface area (Å²) in [5.74, 6) is -2.02. The Balaban J connectivity index is 2.05. The van der Waals surface area contributed by atoms with Crippen LogP contribution in [0, 0.1) is 11.7 Å². The molecule has 0 bridgehead atoms. The average Bonchev–Trinajstić information content (AvgIpc) is 2.35. The Bertz CT molecular complexity index is 640. The molecule has 8 heteroatoms. The highest BCUT2D eigenvalue weighted by Gasteiger charge is 2.34. The highest BCUT2D eigenvalue weighted by Crippen LogP contribution is 2.32. The number of halogens is 1. The van der Waals surface area contributed by atoms with Gasteiger partial charge in [0.05, 0.1) is 7.11 Å². The molecule has 0 heterocycles. The Kier molecular flexibility index (Phi) is 4.48. The van der Waals surface area contributed by atoms with Gasteiger partial charge in [-0.25, -0.2) is 17.5 Å². The van der Waals surface area contributed by atoms with Gasteiger partial charge in [0.25, 0.3) is 0 Å². The molecule has 0 saturated heterocycles. The SMILES string of the molecule is COc1cccc(S(=O)(=O)NC2CC(CC(=O)O)C2)c1F. The molecule has 1 fully saturated rings. The van der Waals surface area contributed by atoms with Gasteiger partial charge in [-0.1, -0.05) is 6.07 Å². The van der Waals surface area contributed by atoms with Crippen LogP contribution in [0.15, 0.2) is 23.1 Å². The van der Waals surface area contributed by atoms with E-state index in [4.69, 9.17) is 9.84 Å². The molecule has 0 atom stereocenters. The fourth-order valence-electron chi connectivity index (χ4n) is 2.38. The predicted octanol–water partition coefficient (Wildman–Crippen LogP) is 1.37. The van der Waals surface area contributed by atoms with Gasteiger partial charge in [-0.3, -0.25) is 4.79 Å². The van der Waals surface area contributed by atoms with E-state index < -0.39 is 26.7 Å². The van der Waals surface area contributed by atoms with Gasteiger partial charge in [0, 0.05) is 12.5 Å². The normalized spacial score (nSPS) is 21.6. The third kappa shape index (κ3) is 3.51. The number of sulfonamides is 1. The van der Waals surface area contributed by atoms with E-state index in [2.05, 4.69) is 4.72 Å². The molecule has 0 amide bonds. The average molecular weight is 317 g/mol. The van der Waals surface area contributed by atoms with Crippen molar-refractivity contribution in [3.8, 4) is 5.75 Å². The molecule has 0 radical (unpaired) electrons. The first kappa shape index (κ1) is 15.7. The third-order valence-electron chi connectivity index (χ3n) is 3.46. The van der Waals surface area contributed by atoms with Crippen molar-refractivity contribution in [1.29, 1.82) is 0 Å². The number of methoxy groups -OCH3 is 1. The minimum atomic E-state index is -3.99. The molecule has 116 valence electrons. The summed E-state index contributed by atoms with van der Waals surface area (Å²) in [6.07, 6.45) is 0.903. The fourth-order valence-corrected chi connectivity index (χ4v) is 3.74. The lowest BCUT2D eigenvalue weighted by Crippen LogP contribution is -2.44. The van der Waals surface area contributed by atoms with E-state index in [1.54, 1.807) is 0 Å². The second kappa shape index (κ2) is 5.98. The van der Waals surface area contributed by atoms with Crippen molar-refractivity contribution in [3.05, 3.63) is 24.0 Å². The molecule has 1 aromatic carbocycles. The molecule has 1 aliphatic carbocycles. The van der Waals surface area contributed by atoms with E-state index >= 15 is 0 Å². The molecule has 0 aromatic heterocycles. The van der Waals surface area contributed by atoms with Crippen molar-refractivity contribution in [1.82, 2.24) is 4.72 Å². The van der Waals surface area contributed by atoms with E-state index in [0.717, 1.165) is 6.07 Å². The van der Waals surface area contributed by atoms with Gasteiger partial charge in [0.1, 0.15) is 4.90 Å². The van der Waals surface area contributed by atoms with Crippen molar-refractivity contribution in [2.24, 2.45) is 5.92 Å². The van der Waals surface area contributed by atoms with Gasteiger partial charge in [-0.2, -0.15) is 0 Å². The lowest BCUT2D eigenvalue weighted by molar-refractivity contribution is -0.138. The van der Waals surface area contributed by atoms with E-state index in [1.165, 1.54) is 19.2 Å². The molecule has 0 spiro atoms. The number of nitrogens with one attached hydrogen (secondary N) is 1. The van der Waals surface area contributed by atoms with Crippen LogP contribution in [0.3, 0.4) is 0 Å². The Morgan fingerprint density at radius 2 is 2.14 bits per heavy atom. The number of ether oxygens (including phenoxy) is 1. The number of carbonyl (C=O) groups is 1. The van der Waals surface area contributed by atoms with Crippen molar-refractivity contribution < 1.29 is 27.4 Å². The number of carboxylic acid groups (broad SMARTS) is 1. The maximum Gasteiger partial charge on any atom is 0.303 e. The first-order chi connectivity index (χ1) is 9.83. The number of aliphatic carboxylic acids is 1. The number of carboxylic acids is 1. The van der Waals surface area contributed by atoms with E-state index in [0.29, 0.717) is 12.8 Å². The van der Waals surface area contributed by atoms with Crippen molar-refractivity contribution in [3.63, 3.8) is 0 Å². The van der Waals surface area contributed by atoms with E-state index in [9.17, 15) is 17.6 Å². The summed E-state index contributed by atoms with van der Waals surface area (Å²) in [6.45, 7) is 0. The van der Waals surface area contributed by atoms with Crippen LogP contribution in [0.5, 0.6) is 5.75 Å². The summed E-state index contributed by atoms with van der Waals surface area (Å²) in [4.78, 5) is 10.1. The van der Waals surface area contributed by atoms with Gasteiger partial charge in [0.2, 0.25) is 10.0 Å². The van der Waals surface area contributed by atoms with Crippen LogP contribution >= 0.6 is 0 Å². The van der Waals surface area contributed by atoms with Crippen molar-refractivity contribution >= 4 is 16.0 Å². The van der Waals surface area contributed by atoms with Crippen LogP contribution in [0.25, 0.3) is 0 Å². The molecule has 1 saturated carbocycles. The Hall–Kier alpha value is -1.67. The van der Waals surface area contributed by atoms with Gasteiger partial charge >= 0.3 is 5.97 Å². The van der Waals surface area contributed by atoms with Crippen molar-refractivity contribution in [2.45, 2.75) is 30.2 Å². The van der Waals surface area contributed by atoms with Crippen LogP contribution in [-0.4, -0.2) is 32.6 Å². The summed E-state index contributed by atoms with van der Waals surface area (Å²) in [7, 11) is -2.73. The zero-order chi connectivity index (χ0) is 15.6. The fraction of sp³-hybridized carbons (Fsp3) is 0.462. The summed E-state index contributed by atoms with van der Waals surface area (Å²) < 4.78 is 45.4. The highest BCUT2D eigenvalue weighted by molar-refractivity contribution is 7.89. The van der Waals surface area contributed by atoms with Crippen LogP contribution in [0.1, 0.15) is 19.3 Å². The van der Waals surface area contributed by atoms with Gasteiger partial charge in [-0.15, -0.1) is 0 Å². The largest absolute Gasteiger partial charge is 0.494 e. The van der Waals surface area contributed by atoms with Crippen LogP contribution in [0.4, 0.5) is 4.39 Å². The van der Waals surface area contributed by atoms with Gasteiger partial charge in [-0.05, 0) is 30.9 Å². The molecule has 1 aliphatic rings. The Morgan fingerprint density at radius 1 is 1.48 bits per heavy atom. The summed E-state index contributed by atoms with van der Waals surface area (Å²) in [6, 6.07) is 3.53. The van der Waals surface area contributed by atoms with E-state index in [1.807, 2.05) is 0 Å². The van der Waals surface area contributed by atoms with Crippen LogP contribution in [-0.2, 0) is 14.8 Å². The molecular formula is C13H16FNO5S. The maximum absolute atomic E-state index is 14.0. The molecule has 2 rings (SSSR count). The molecule has 1 aromatic rings. The number of rotatable bonds is 6. The molecule has 0 unspecified atom stereocenters.